The molecule has 4 heteroatoms. The molecular formula is C22H25N3O. The smallest absolute Gasteiger partial charge is 0.136 e. The number of aromatic nitrogens is 1. The normalized spacial score (nSPS) is 13.7. The Kier molecular flexibility index (Phi) is 4.51. The van der Waals surface area contributed by atoms with Crippen molar-refractivity contribution >= 4 is 22.3 Å². The largest absolute Gasteiger partial charge is 0.395 e. The SMILES string of the molecule is Cc1ccc2c(N3CCc4ccccc4C3)cnc(N(C)CCO)c2c1. The highest BCUT2D eigenvalue weighted by atomic mass is 16.3. The molecule has 0 spiro atoms. The fraction of sp³-hybridized carbons (Fsp3) is 0.318. The molecule has 1 aliphatic heterocycles. The number of pyridine rings is 1. The topological polar surface area (TPSA) is 39.6 Å². The first-order valence-electron chi connectivity index (χ1n) is 9.20. The summed E-state index contributed by atoms with van der Waals surface area (Å²) in [6.07, 6.45) is 3.06. The summed E-state index contributed by atoms with van der Waals surface area (Å²) in [4.78, 5) is 9.23. The van der Waals surface area contributed by atoms with Gasteiger partial charge in [0, 0.05) is 37.5 Å². The van der Waals surface area contributed by atoms with Gasteiger partial charge in [-0.3, -0.25) is 0 Å². The van der Waals surface area contributed by atoms with Gasteiger partial charge in [0.15, 0.2) is 0 Å². The fourth-order valence-corrected chi connectivity index (χ4v) is 3.84. The number of aliphatic hydroxyl groups excluding tert-OH is 1. The molecule has 2 aromatic carbocycles. The Hall–Kier alpha value is -2.59. The number of benzene rings is 2. The number of likely N-dealkylation sites (N-methyl/N-ethyl adjacent to an activating group) is 1. The molecule has 0 saturated heterocycles. The van der Waals surface area contributed by atoms with Crippen molar-refractivity contribution in [2.24, 2.45) is 0 Å². The van der Waals surface area contributed by atoms with Gasteiger partial charge in [0.2, 0.25) is 0 Å². The lowest BCUT2D eigenvalue weighted by Crippen LogP contribution is -2.31. The quantitative estimate of drug-likeness (QED) is 0.784. The Balaban J connectivity index is 1.78. The standard InChI is InChI=1S/C22H25N3O/c1-16-7-8-19-20(13-16)22(24(2)11-12-26)23-14-21(19)25-10-9-17-5-3-4-6-18(17)15-25/h3-8,13-14,26H,9-12,15H2,1-2H3. The highest BCUT2D eigenvalue weighted by Crippen LogP contribution is 2.34. The van der Waals surface area contributed by atoms with Crippen LogP contribution in [0.15, 0.2) is 48.7 Å². The minimum Gasteiger partial charge on any atom is -0.395 e. The van der Waals surface area contributed by atoms with Gasteiger partial charge in [-0.2, -0.15) is 0 Å². The van der Waals surface area contributed by atoms with Gasteiger partial charge in [0.1, 0.15) is 5.82 Å². The van der Waals surface area contributed by atoms with Crippen LogP contribution in [0.4, 0.5) is 11.5 Å². The molecule has 0 aliphatic carbocycles. The summed E-state index contributed by atoms with van der Waals surface area (Å²) in [5, 5.41) is 11.7. The van der Waals surface area contributed by atoms with Gasteiger partial charge in [0.25, 0.3) is 0 Å². The van der Waals surface area contributed by atoms with Crippen LogP contribution in [0.25, 0.3) is 10.8 Å². The van der Waals surface area contributed by atoms with Crippen LogP contribution in [0.2, 0.25) is 0 Å². The molecule has 0 bridgehead atoms. The maximum Gasteiger partial charge on any atom is 0.136 e. The van der Waals surface area contributed by atoms with Crippen molar-refractivity contribution in [3.05, 3.63) is 65.4 Å². The Bertz CT molecular complexity index is 938. The number of aliphatic hydroxyl groups is 1. The number of fused-ring (bicyclic) bond motifs is 2. The summed E-state index contributed by atoms with van der Waals surface area (Å²) in [6.45, 7) is 4.74. The molecule has 0 radical (unpaired) electrons. The number of hydrogen-bond donors (Lipinski definition) is 1. The lowest BCUT2D eigenvalue weighted by atomic mass is 9.98. The zero-order chi connectivity index (χ0) is 18.1. The molecule has 26 heavy (non-hydrogen) atoms. The molecule has 134 valence electrons. The Labute approximate surface area is 154 Å². The third-order valence-electron chi connectivity index (χ3n) is 5.27. The van der Waals surface area contributed by atoms with E-state index in [4.69, 9.17) is 4.98 Å². The van der Waals surface area contributed by atoms with Crippen molar-refractivity contribution in [1.82, 2.24) is 4.98 Å². The minimum absolute atomic E-state index is 0.121. The predicted molar refractivity (Wildman–Crippen MR) is 108 cm³/mol. The maximum atomic E-state index is 9.30. The zero-order valence-electron chi connectivity index (χ0n) is 15.4. The van der Waals surface area contributed by atoms with Crippen LogP contribution >= 0.6 is 0 Å². The molecule has 0 fully saturated rings. The van der Waals surface area contributed by atoms with Gasteiger partial charge in [-0.1, -0.05) is 42.0 Å². The number of rotatable bonds is 4. The molecule has 0 unspecified atom stereocenters. The van der Waals surface area contributed by atoms with Crippen molar-refractivity contribution in [2.45, 2.75) is 19.9 Å². The van der Waals surface area contributed by atoms with E-state index in [1.54, 1.807) is 0 Å². The van der Waals surface area contributed by atoms with Crippen molar-refractivity contribution in [3.63, 3.8) is 0 Å². The summed E-state index contributed by atoms with van der Waals surface area (Å²) in [5.41, 5.74) is 5.27. The van der Waals surface area contributed by atoms with E-state index in [2.05, 4.69) is 54.3 Å². The van der Waals surface area contributed by atoms with E-state index in [1.807, 2.05) is 18.1 Å². The number of anilines is 2. The van der Waals surface area contributed by atoms with E-state index in [0.29, 0.717) is 6.54 Å². The van der Waals surface area contributed by atoms with Crippen LogP contribution in [0, 0.1) is 6.92 Å². The molecule has 0 atom stereocenters. The fourth-order valence-electron chi connectivity index (χ4n) is 3.84. The van der Waals surface area contributed by atoms with Crippen LogP contribution in [-0.4, -0.2) is 36.8 Å². The van der Waals surface area contributed by atoms with Crippen LogP contribution in [0.5, 0.6) is 0 Å². The summed E-state index contributed by atoms with van der Waals surface area (Å²) in [5.74, 6) is 0.930. The Morgan fingerprint density at radius 2 is 1.92 bits per heavy atom. The van der Waals surface area contributed by atoms with Crippen LogP contribution in [-0.2, 0) is 13.0 Å². The second-order valence-electron chi connectivity index (χ2n) is 7.10. The van der Waals surface area contributed by atoms with Crippen molar-refractivity contribution in [1.29, 1.82) is 0 Å². The van der Waals surface area contributed by atoms with Gasteiger partial charge in [-0.05, 0) is 30.5 Å². The molecule has 2 heterocycles. The second-order valence-corrected chi connectivity index (χ2v) is 7.10. The van der Waals surface area contributed by atoms with Crippen molar-refractivity contribution < 1.29 is 5.11 Å². The van der Waals surface area contributed by atoms with Crippen LogP contribution in [0.3, 0.4) is 0 Å². The molecule has 0 amide bonds. The molecule has 0 saturated carbocycles. The van der Waals surface area contributed by atoms with Crippen LogP contribution < -0.4 is 9.80 Å². The first-order valence-corrected chi connectivity index (χ1v) is 9.20. The average Bonchev–Trinajstić information content (AvgIpc) is 2.66. The summed E-state index contributed by atoms with van der Waals surface area (Å²) in [6, 6.07) is 15.3. The maximum absolute atomic E-state index is 9.30. The zero-order valence-corrected chi connectivity index (χ0v) is 15.4. The summed E-state index contributed by atoms with van der Waals surface area (Å²) < 4.78 is 0. The van der Waals surface area contributed by atoms with E-state index in [-0.39, 0.29) is 6.61 Å². The Morgan fingerprint density at radius 1 is 1.12 bits per heavy atom. The average molecular weight is 347 g/mol. The lowest BCUT2D eigenvalue weighted by molar-refractivity contribution is 0.304. The third-order valence-corrected chi connectivity index (χ3v) is 5.27. The van der Waals surface area contributed by atoms with E-state index in [0.717, 1.165) is 30.7 Å². The molecule has 1 N–H and O–H groups in total. The molecule has 3 aromatic rings. The molecule has 4 rings (SSSR count). The highest BCUT2D eigenvalue weighted by Gasteiger charge is 2.20. The van der Waals surface area contributed by atoms with E-state index >= 15 is 0 Å². The number of hydrogen-bond acceptors (Lipinski definition) is 4. The van der Waals surface area contributed by atoms with Gasteiger partial charge >= 0.3 is 0 Å². The van der Waals surface area contributed by atoms with E-state index in [1.165, 1.54) is 27.8 Å². The summed E-state index contributed by atoms with van der Waals surface area (Å²) in [7, 11) is 1.98. The molecule has 4 nitrogen and oxygen atoms in total. The first kappa shape index (κ1) is 16.9. The van der Waals surface area contributed by atoms with E-state index < -0.39 is 0 Å². The molecular weight excluding hydrogens is 322 g/mol. The minimum atomic E-state index is 0.121. The molecule has 1 aromatic heterocycles. The van der Waals surface area contributed by atoms with Crippen molar-refractivity contribution in [2.75, 3.05) is 36.5 Å². The number of nitrogens with zero attached hydrogens (tertiary/aromatic N) is 3. The van der Waals surface area contributed by atoms with Crippen LogP contribution in [0.1, 0.15) is 16.7 Å². The first-order chi connectivity index (χ1) is 12.7. The Morgan fingerprint density at radius 3 is 2.73 bits per heavy atom. The van der Waals surface area contributed by atoms with Gasteiger partial charge in [-0.25, -0.2) is 4.98 Å². The second kappa shape index (κ2) is 6.96. The monoisotopic (exact) mass is 347 g/mol. The number of aryl methyl sites for hydroxylation is 1. The molecule has 1 aliphatic rings. The van der Waals surface area contributed by atoms with E-state index in [9.17, 15) is 5.11 Å². The van der Waals surface area contributed by atoms with Gasteiger partial charge in [-0.15, -0.1) is 0 Å². The van der Waals surface area contributed by atoms with Gasteiger partial charge in [0.05, 0.1) is 18.5 Å². The van der Waals surface area contributed by atoms with Crippen molar-refractivity contribution in [3.8, 4) is 0 Å². The third kappa shape index (κ3) is 3.01. The lowest BCUT2D eigenvalue weighted by Gasteiger charge is -2.32. The highest BCUT2D eigenvalue weighted by molar-refractivity contribution is 6.01. The predicted octanol–water partition coefficient (Wildman–Crippen LogP) is 3.53. The summed E-state index contributed by atoms with van der Waals surface area (Å²) >= 11 is 0. The van der Waals surface area contributed by atoms with Gasteiger partial charge < -0.3 is 14.9 Å².